The molecule has 0 bridgehead atoms. The summed E-state index contributed by atoms with van der Waals surface area (Å²) in [4.78, 5) is 25.4. The monoisotopic (exact) mass is 329 g/mol. The van der Waals surface area contributed by atoms with E-state index in [-0.39, 0.29) is 12.5 Å². The Balaban J connectivity index is 1.72. The lowest BCUT2D eigenvalue weighted by Gasteiger charge is -2.07. The topological polar surface area (TPSA) is 55.4 Å². The van der Waals surface area contributed by atoms with Crippen LogP contribution in [0.25, 0.3) is 6.08 Å². The van der Waals surface area contributed by atoms with Crippen LogP contribution in [0.5, 0.6) is 0 Å². The lowest BCUT2D eigenvalue weighted by Crippen LogP contribution is -2.28. The van der Waals surface area contributed by atoms with Crippen LogP contribution in [0, 0.1) is 13.8 Å². The summed E-state index contributed by atoms with van der Waals surface area (Å²) in [6.45, 7) is 4.13. The number of carbonyl (C=O) groups excluding carboxylic acids is 2. The molecule has 23 heavy (non-hydrogen) atoms. The summed E-state index contributed by atoms with van der Waals surface area (Å²) in [5.74, 6) is -0.843. The predicted octanol–water partition coefficient (Wildman–Crippen LogP) is 3.24. The number of aryl methyl sites for hydroxylation is 2. The Hall–Kier alpha value is -2.40. The van der Waals surface area contributed by atoms with E-state index in [1.165, 1.54) is 11.0 Å². The summed E-state index contributed by atoms with van der Waals surface area (Å²) in [6.07, 6.45) is 3.02. The first-order chi connectivity index (χ1) is 11.0. The third-order valence-corrected chi connectivity index (χ3v) is 4.19. The molecule has 0 aliphatic carbocycles. The van der Waals surface area contributed by atoms with Crippen molar-refractivity contribution in [2.45, 2.75) is 20.4 Å². The number of hydrogen-bond donors (Lipinski definition) is 1. The molecule has 0 aliphatic rings. The lowest BCUT2D eigenvalue weighted by atomic mass is 10.1. The first-order valence-corrected chi connectivity index (χ1v) is 8.09. The highest BCUT2D eigenvalue weighted by Gasteiger charge is 2.06. The number of rotatable bonds is 6. The highest BCUT2D eigenvalue weighted by atomic mass is 32.1. The number of benzene rings is 1. The van der Waals surface area contributed by atoms with Gasteiger partial charge in [0.25, 0.3) is 5.91 Å². The van der Waals surface area contributed by atoms with Gasteiger partial charge in [0.05, 0.1) is 0 Å². The molecule has 2 aromatic rings. The van der Waals surface area contributed by atoms with Crippen molar-refractivity contribution >= 4 is 29.3 Å². The standard InChI is InChI=1S/C18H19NO3S/c1-13-5-3-4-6-15(13)11-19-17(20)12-22-18(21)10-9-16-8-7-14(2)23-16/h3-10H,11-12H2,1-2H3,(H,19,20)/b10-9+. The molecule has 1 heterocycles. The molecule has 0 saturated heterocycles. The van der Waals surface area contributed by atoms with E-state index in [0.717, 1.165) is 16.0 Å². The van der Waals surface area contributed by atoms with E-state index in [2.05, 4.69) is 5.32 Å². The van der Waals surface area contributed by atoms with Gasteiger partial charge in [0.2, 0.25) is 0 Å². The molecule has 0 fully saturated rings. The van der Waals surface area contributed by atoms with Crippen molar-refractivity contribution in [3.63, 3.8) is 0 Å². The average molecular weight is 329 g/mol. The summed E-state index contributed by atoms with van der Waals surface area (Å²) < 4.78 is 4.92. The number of hydrogen-bond acceptors (Lipinski definition) is 4. The van der Waals surface area contributed by atoms with Crippen LogP contribution in [-0.4, -0.2) is 18.5 Å². The summed E-state index contributed by atoms with van der Waals surface area (Å²) >= 11 is 1.59. The van der Waals surface area contributed by atoms with Gasteiger partial charge in [-0.25, -0.2) is 4.79 Å². The van der Waals surface area contributed by atoms with Crippen LogP contribution in [0.3, 0.4) is 0 Å². The van der Waals surface area contributed by atoms with Crippen LogP contribution >= 0.6 is 11.3 Å². The van der Waals surface area contributed by atoms with Crippen LogP contribution in [0.4, 0.5) is 0 Å². The van der Waals surface area contributed by atoms with Gasteiger partial charge in [0, 0.05) is 22.4 Å². The third-order valence-electron chi connectivity index (χ3n) is 3.23. The maximum Gasteiger partial charge on any atom is 0.331 e. The van der Waals surface area contributed by atoms with Crippen molar-refractivity contribution in [2.24, 2.45) is 0 Å². The van der Waals surface area contributed by atoms with Crippen LogP contribution in [0.15, 0.2) is 42.5 Å². The van der Waals surface area contributed by atoms with Crippen LogP contribution < -0.4 is 5.32 Å². The molecule has 0 aliphatic heterocycles. The zero-order chi connectivity index (χ0) is 16.7. The van der Waals surface area contributed by atoms with E-state index in [1.54, 1.807) is 17.4 Å². The Kier molecular flexibility index (Phi) is 6.11. The van der Waals surface area contributed by atoms with E-state index < -0.39 is 5.97 Å². The van der Waals surface area contributed by atoms with Crippen molar-refractivity contribution in [3.05, 3.63) is 63.4 Å². The fourth-order valence-corrected chi connectivity index (χ4v) is 2.71. The van der Waals surface area contributed by atoms with Crippen LogP contribution in [-0.2, 0) is 20.9 Å². The molecule has 4 nitrogen and oxygen atoms in total. The lowest BCUT2D eigenvalue weighted by molar-refractivity contribution is -0.143. The average Bonchev–Trinajstić information content (AvgIpc) is 2.95. The summed E-state index contributed by atoms with van der Waals surface area (Å²) in [5.41, 5.74) is 2.15. The Bertz CT molecular complexity index is 719. The number of esters is 1. The van der Waals surface area contributed by atoms with Crippen LogP contribution in [0.1, 0.15) is 20.9 Å². The molecule has 1 N–H and O–H groups in total. The molecule has 0 spiro atoms. The maximum atomic E-state index is 11.7. The molecule has 1 amide bonds. The quantitative estimate of drug-likeness (QED) is 0.654. The Morgan fingerprint density at radius 3 is 2.65 bits per heavy atom. The molecule has 1 aromatic heterocycles. The van der Waals surface area contributed by atoms with Gasteiger partial charge >= 0.3 is 5.97 Å². The van der Waals surface area contributed by atoms with Gasteiger partial charge in [-0.1, -0.05) is 24.3 Å². The van der Waals surface area contributed by atoms with E-state index in [0.29, 0.717) is 6.54 Å². The second-order valence-corrected chi connectivity index (χ2v) is 6.41. The molecule has 0 unspecified atom stereocenters. The van der Waals surface area contributed by atoms with Gasteiger partial charge in [0.15, 0.2) is 6.61 Å². The van der Waals surface area contributed by atoms with Gasteiger partial charge in [-0.05, 0) is 43.2 Å². The molecule has 5 heteroatoms. The molecule has 0 saturated carbocycles. The van der Waals surface area contributed by atoms with E-state index >= 15 is 0 Å². The van der Waals surface area contributed by atoms with Gasteiger partial charge in [-0.3, -0.25) is 4.79 Å². The van der Waals surface area contributed by atoms with E-state index in [9.17, 15) is 9.59 Å². The minimum absolute atomic E-state index is 0.279. The second kappa shape index (κ2) is 8.29. The minimum atomic E-state index is -0.526. The Morgan fingerprint density at radius 2 is 1.96 bits per heavy atom. The zero-order valence-corrected chi connectivity index (χ0v) is 14.0. The minimum Gasteiger partial charge on any atom is -0.452 e. The van der Waals surface area contributed by atoms with Crippen molar-refractivity contribution in [2.75, 3.05) is 6.61 Å². The van der Waals surface area contributed by atoms with Crippen molar-refractivity contribution < 1.29 is 14.3 Å². The Labute approximate surface area is 139 Å². The number of thiophene rings is 1. The van der Waals surface area contributed by atoms with E-state index in [1.807, 2.05) is 50.2 Å². The fraction of sp³-hybridized carbons (Fsp3) is 0.222. The first kappa shape index (κ1) is 17.0. The third kappa shape index (κ3) is 5.71. The van der Waals surface area contributed by atoms with Crippen molar-refractivity contribution in [1.29, 1.82) is 0 Å². The summed E-state index contributed by atoms with van der Waals surface area (Å²) in [7, 11) is 0. The molecule has 0 atom stereocenters. The van der Waals surface area contributed by atoms with Crippen molar-refractivity contribution in [1.82, 2.24) is 5.32 Å². The highest BCUT2D eigenvalue weighted by molar-refractivity contribution is 7.12. The van der Waals surface area contributed by atoms with Crippen LogP contribution in [0.2, 0.25) is 0 Å². The van der Waals surface area contributed by atoms with Gasteiger partial charge in [0.1, 0.15) is 0 Å². The number of nitrogens with one attached hydrogen (secondary N) is 1. The Morgan fingerprint density at radius 1 is 1.17 bits per heavy atom. The summed E-state index contributed by atoms with van der Waals surface area (Å²) in [5, 5.41) is 2.73. The number of amides is 1. The van der Waals surface area contributed by atoms with Gasteiger partial charge in [-0.15, -0.1) is 11.3 Å². The van der Waals surface area contributed by atoms with Gasteiger partial charge in [-0.2, -0.15) is 0 Å². The zero-order valence-electron chi connectivity index (χ0n) is 13.2. The molecule has 2 rings (SSSR count). The molecule has 1 aromatic carbocycles. The molecule has 0 radical (unpaired) electrons. The normalized spacial score (nSPS) is 10.7. The van der Waals surface area contributed by atoms with Crippen molar-refractivity contribution in [3.8, 4) is 0 Å². The number of carbonyl (C=O) groups is 2. The fourth-order valence-electron chi connectivity index (χ4n) is 1.93. The largest absolute Gasteiger partial charge is 0.452 e. The highest BCUT2D eigenvalue weighted by Crippen LogP contribution is 2.16. The summed E-state index contributed by atoms with van der Waals surface area (Å²) in [6, 6.07) is 11.7. The predicted molar refractivity (Wildman–Crippen MR) is 92.1 cm³/mol. The SMILES string of the molecule is Cc1ccc(/C=C/C(=O)OCC(=O)NCc2ccccc2C)s1. The first-order valence-electron chi connectivity index (χ1n) is 7.27. The molecular formula is C18H19NO3S. The molecule has 120 valence electrons. The second-order valence-electron chi connectivity index (χ2n) is 5.09. The molecular weight excluding hydrogens is 310 g/mol. The van der Waals surface area contributed by atoms with E-state index in [4.69, 9.17) is 4.74 Å². The number of ether oxygens (including phenoxy) is 1. The smallest absolute Gasteiger partial charge is 0.331 e. The van der Waals surface area contributed by atoms with Gasteiger partial charge < -0.3 is 10.1 Å². The maximum absolute atomic E-state index is 11.7.